The average Bonchev–Trinajstić information content (AvgIpc) is 3.25. The average molecular weight is 433 g/mol. The van der Waals surface area contributed by atoms with E-state index < -0.39 is 30.3 Å². The van der Waals surface area contributed by atoms with E-state index in [4.69, 9.17) is 26.5 Å². The molecule has 0 unspecified atom stereocenters. The second kappa shape index (κ2) is 8.50. The van der Waals surface area contributed by atoms with Crippen LogP contribution in [0.3, 0.4) is 0 Å². The lowest BCUT2D eigenvalue weighted by Gasteiger charge is -2.21. The molecule has 2 aromatic rings. The van der Waals surface area contributed by atoms with Crippen molar-refractivity contribution in [2.24, 2.45) is 0 Å². The number of nitrogens with zero attached hydrogens (tertiary/aromatic N) is 1. The van der Waals surface area contributed by atoms with Gasteiger partial charge in [0.2, 0.25) is 0 Å². The summed E-state index contributed by atoms with van der Waals surface area (Å²) in [5.74, 6) is -1.80. The van der Waals surface area contributed by atoms with Gasteiger partial charge in [0.25, 0.3) is 5.91 Å². The monoisotopic (exact) mass is 433 g/mol. The van der Waals surface area contributed by atoms with Gasteiger partial charge in [-0.3, -0.25) is 14.5 Å². The van der Waals surface area contributed by atoms with Gasteiger partial charge in [-0.05, 0) is 36.4 Å². The Morgan fingerprint density at radius 3 is 2.52 bits per heavy atom. The Bertz CT molecular complexity index is 1010. The molecule has 1 atom stereocenters. The van der Waals surface area contributed by atoms with Crippen molar-refractivity contribution in [3.8, 4) is 17.1 Å². The predicted octanol–water partition coefficient (Wildman–Crippen LogP) is 3.08. The third-order valence-corrected chi connectivity index (χ3v) is 5.39. The molecule has 1 aromatic heterocycles. The number of ether oxygens (including phenoxy) is 1. The van der Waals surface area contributed by atoms with Gasteiger partial charge >= 0.3 is 11.9 Å². The first kappa shape index (κ1) is 20.6. The largest absolute Gasteiger partial charge is 0.497 e. The van der Waals surface area contributed by atoms with E-state index in [1.54, 1.807) is 31.4 Å². The van der Waals surface area contributed by atoms with Gasteiger partial charge in [0.15, 0.2) is 0 Å². The van der Waals surface area contributed by atoms with Crippen LogP contribution in [0.4, 0.5) is 0 Å². The Hall–Kier alpha value is -3.11. The minimum absolute atomic E-state index is 0.0168. The molecule has 8 nitrogen and oxygen atoms in total. The van der Waals surface area contributed by atoms with Crippen molar-refractivity contribution in [2.45, 2.75) is 12.5 Å². The minimum atomic E-state index is -1.57. The quantitative estimate of drug-likeness (QED) is 0.502. The van der Waals surface area contributed by atoms with Crippen LogP contribution in [0, 0.1) is 0 Å². The summed E-state index contributed by atoms with van der Waals surface area (Å²) < 4.78 is 10.8. The molecule has 0 saturated carbocycles. The first-order chi connectivity index (χ1) is 13.8. The Morgan fingerprint density at radius 1 is 1.24 bits per heavy atom. The zero-order chi connectivity index (χ0) is 21.1. The van der Waals surface area contributed by atoms with Gasteiger partial charge in [-0.1, -0.05) is 24.0 Å². The Labute approximate surface area is 174 Å². The van der Waals surface area contributed by atoms with E-state index >= 15 is 0 Å². The third kappa shape index (κ3) is 4.49. The highest BCUT2D eigenvalue weighted by Gasteiger charge is 2.41. The fourth-order valence-electron chi connectivity index (χ4n) is 2.67. The first-order valence-electron chi connectivity index (χ1n) is 8.26. The van der Waals surface area contributed by atoms with Crippen molar-refractivity contribution in [3.05, 3.63) is 47.1 Å². The molecule has 1 amide bonds. The minimum Gasteiger partial charge on any atom is -0.497 e. The number of carbonyl (C=O) groups is 3. The van der Waals surface area contributed by atoms with Gasteiger partial charge in [-0.2, -0.15) is 0 Å². The number of carboxylic acid groups (broad SMARTS) is 2. The van der Waals surface area contributed by atoms with E-state index in [-0.39, 0.29) is 9.23 Å². The van der Waals surface area contributed by atoms with E-state index in [2.05, 4.69) is 0 Å². The number of hydrogen-bond acceptors (Lipinski definition) is 7. The molecule has 1 saturated heterocycles. The SMILES string of the molecule is COc1ccc(-c2ccc(/C=C3\SC(=S)N([C@@H](CC(=O)O)C(=O)O)C3=O)o2)cc1. The molecule has 1 aromatic carbocycles. The normalized spacial score (nSPS) is 16.3. The molecule has 10 heteroatoms. The van der Waals surface area contributed by atoms with Gasteiger partial charge in [-0.25, -0.2) is 4.79 Å². The van der Waals surface area contributed by atoms with Crippen molar-refractivity contribution >= 4 is 52.2 Å². The maximum Gasteiger partial charge on any atom is 0.327 e. The van der Waals surface area contributed by atoms with Crippen molar-refractivity contribution in [3.63, 3.8) is 0 Å². The van der Waals surface area contributed by atoms with Crippen molar-refractivity contribution in [2.75, 3.05) is 7.11 Å². The van der Waals surface area contributed by atoms with Crippen LogP contribution in [0.5, 0.6) is 5.75 Å². The summed E-state index contributed by atoms with van der Waals surface area (Å²) in [6.07, 6.45) is 0.698. The molecule has 1 fully saturated rings. The molecular weight excluding hydrogens is 418 g/mol. The third-order valence-electron chi connectivity index (χ3n) is 4.06. The molecule has 0 radical (unpaired) electrons. The lowest BCUT2D eigenvalue weighted by Crippen LogP contribution is -2.45. The molecule has 2 heterocycles. The summed E-state index contributed by atoms with van der Waals surface area (Å²) in [7, 11) is 1.57. The number of furan rings is 1. The predicted molar refractivity (Wildman–Crippen MR) is 109 cm³/mol. The van der Waals surface area contributed by atoms with E-state index in [1.165, 1.54) is 6.08 Å². The smallest absolute Gasteiger partial charge is 0.327 e. The van der Waals surface area contributed by atoms with Crippen LogP contribution in [-0.4, -0.2) is 50.4 Å². The Kier molecular flexibility index (Phi) is 6.04. The number of methoxy groups -OCH3 is 1. The van der Waals surface area contributed by atoms with Gasteiger partial charge in [0, 0.05) is 11.6 Å². The topological polar surface area (TPSA) is 117 Å². The van der Waals surface area contributed by atoms with Crippen LogP contribution >= 0.6 is 24.0 Å². The van der Waals surface area contributed by atoms with Crippen molar-refractivity contribution in [1.82, 2.24) is 4.90 Å². The van der Waals surface area contributed by atoms with E-state index in [1.807, 2.05) is 12.1 Å². The highest BCUT2D eigenvalue weighted by atomic mass is 32.2. The number of benzene rings is 1. The highest BCUT2D eigenvalue weighted by Crippen LogP contribution is 2.35. The molecule has 3 rings (SSSR count). The molecule has 2 N–H and O–H groups in total. The number of carboxylic acids is 2. The summed E-state index contributed by atoms with van der Waals surface area (Å²) in [6, 6.07) is 9.05. The van der Waals surface area contributed by atoms with Crippen LogP contribution < -0.4 is 4.74 Å². The summed E-state index contributed by atoms with van der Waals surface area (Å²) >= 11 is 5.99. The summed E-state index contributed by atoms with van der Waals surface area (Å²) in [5, 5.41) is 18.2. The zero-order valence-electron chi connectivity index (χ0n) is 15.0. The lowest BCUT2D eigenvalue weighted by atomic mass is 10.2. The molecular formula is C19H15NO7S2. The lowest BCUT2D eigenvalue weighted by molar-refractivity contribution is -0.150. The molecule has 0 bridgehead atoms. The van der Waals surface area contributed by atoms with Crippen molar-refractivity contribution in [1.29, 1.82) is 0 Å². The number of amides is 1. The van der Waals surface area contributed by atoms with Gasteiger partial charge in [0.1, 0.15) is 27.6 Å². The second-order valence-corrected chi connectivity index (χ2v) is 7.61. The summed E-state index contributed by atoms with van der Waals surface area (Å²) in [5.41, 5.74) is 0.811. The number of hydrogen-bond donors (Lipinski definition) is 2. The molecule has 1 aliphatic heterocycles. The number of thiocarbonyl (C=S) groups is 1. The molecule has 0 spiro atoms. The molecule has 1 aliphatic rings. The van der Waals surface area contributed by atoms with Gasteiger partial charge in [-0.15, -0.1) is 0 Å². The van der Waals surface area contributed by atoms with E-state index in [0.717, 1.165) is 22.2 Å². The zero-order valence-corrected chi connectivity index (χ0v) is 16.7. The first-order valence-corrected chi connectivity index (χ1v) is 9.48. The number of aliphatic carboxylic acids is 2. The number of carbonyl (C=O) groups excluding carboxylic acids is 1. The highest BCUT2D eigenvalue weighted by molar-refractivity contribution is 8.26. The van der Waals surface area contributed by atoms with E-state index in [9.17, 15) is 19.5 Å². The Balaban J connectivity index is 1.83. The number of thioether (sulfide) groups is 1. The standard InChI is InChI=1S/C19H15NO7S2/c1-26-11-4-2-10(3-5-11)14-7-6-12(27-14)8-15-17(23)20(19(28)29-15)13(18(24)25)9-16(21)22/h2-8,13H,9H2,1H3,(H,21,22)(H,24,25)/b15-8-/t13-/m0/s1. The van der Waals surface area contributed by atoms with Crippen LogP contribution in [0.2, 0.25) is 0 Å². The van der Waals surface area contributed by atoms with Crippen molar-refractivity contribution < 1.29 is 33.8 Å². The van der Waals surface area contributed by atoms with Crippen LogP contribution in [0.15, 0.2) is 45.7 Å². The summed E-state index contributed by atoms with van der Waals surface area (Å²) in [4.78, 5) is 36.0. The maximum absolute atomic E-state index is 12.6. The second-order valence-electron chi connectivity index (χ2n) is 5.93. The summed E-state index contributed by atoms with van der Waals surface area (Å²) in [6.45, 7) is 0. The fourth-order valence-corrected chi connectivity index (χ4v) is 4.01. The fraction of sp³-hybridized carbons (Fsp3) is 0.158. The Morgan fingerprint density at radius 2 is 1.93 bits per heavy atom. The molecule has 29 heavy (non-hydrogen) atoms. The molecule has 150 valence electrons. The van der Waals surface area contributed by atoms with E-state index in [0.29, 0.717) is 17.3 Å². The number of rotatable bonds is 7. The van der Waals surface area contributed by atoms with Crippen LogP contribution in [0.1, 0.15) is 12.2 Å². The molecule has 0 aliphatic carbocycles. The maximum atomic E-state index is 12.6. The van der Waals surface area contributed by atoms with Gasteiger partial charge < -0.3 is 19.4 Å². The van der Waals surface area contributed by atoms with Crippen LogP contribution in [-0.2, 0) is 14.4 Å². The van der Waals surface area contributed by atoms with Crippen LogP contribution in [0.25, 0.3) is 17.4 Å². The van der Waals surface area contributed by atoms with Gasteiger partial charge in [0.05, 0.1) is 18.4 Å².